The summed E-state index contributed by atoms with van der Waals surface area (Å²) >= 11 is 0. The van der Waals surface area contributed by atoms with Crippen molar-refractivity contribution in [3.8, 4) is 11.1 Å². The van der Waals surface area contributed by atoms with Gasteiger partial charge in [-0.1, -0.05) is 159 Å². The van der Waals surface area contributed by atoms with Gasteiger partial charge in [0.15, 0.2) is 7.14 Å². The number of hydrogen-bond donors (Lipinski definition) is 0. The molecule has 0 bridgehead atoms. The Balaban J connectivity index is 1.05. The summed E-state index contributed by atoms with van der Waals surface area (Å²) in [5.74, 6) is 0. The fourth-order valence-electron chi connectivity index (χ4n) is 11.6. The molecule has 0 saturated carbocycles. The Labute approximate surface area is 352 Å². The third-order valence-electron chi connectivity index (χ3n) is 14.5. The van der Waals surface area contributed by atoms with Crippen LogP contribution in [0.2, 0.25) is 0 Å². The molecule has 61 heavy (non-hydrogen) atoms. The summed E-state index contributed by atoms with van der Waals surface area (Å²) in [6.07, 6.45) is 0. The largest absolute Gasteiger partial charge is 0.309 e. The molecule has 13 aromatic carbocycles. The summed E-state index contributed by atoms with van der Waals surface area (Å²) in [4.78, 5) is 0. The molecule has 0 amide bonds. The Kier molecular flexibility index (Phi) is 6.42. The summed E-state index contributed by atoms with van der Waals surface area (Å²) in [6.45, 7) is 4.70. The first-order chi connectivity index (χ1) is 29.8. The lowest BCUT2D eigenvalue weighted by Crippen LogP contribution is -2.27. The maximum absolute atomic E-state index is 17.1. The van der Waals surface area contributed by atoms with E-state index in [9.17, 15) is 0 Å². The molecule has 13 aromatic rings. The zero-order valence-electron chi connectivity index (χ0n) is 33.8. The monoisotopic (exact) mass is 792 g/mol. The molecule has 0 fully saturated rings. The zero-order chi connectivity index (χ0) is 40.4. The average Bonchev–Trinajstić information content (AvgIpc) is 3.53. The molecule has 0 atom stereocenters. The summed E-state index contributed by atoms with van der Waals surface area (Å²) < 4.78 is 17.1. The van der Waals surface area contributed by atoms with Gasteiger partial charge in [-0.15, -0.1) is 0 Å². The van der Waals surface area contributed by atoms with Crippen LogP contribution >= 0.6 is 7.14 Å². The number of rotatable bonds is 3. The molecule has 0 aliphatic heterocycles. The van der Waals surface area contributed by atoms with Crippen molar-refractivity contribution >= 4 is 120 Å². The lowest BCUT2D eigenvalue weighted by atomic mass is 9.81. The maximum atomic E-state index is 17.1. The summed E-state index contributed by atoms with van der Waals surface area (Å²) in [7, 11) is -3.50. The molecule has 0 N–H and O–H groups in total. The van der Waals surface area contributed by atoms with Crippen LogP contribution in [-0.2, 0) is 9.98 Å². The summed E-state index contributed by atoms with van der Waals surface area (Å²) in [5, 5.41) is 24.7. The molecule has 1 nitrogen and oxygen atoms in total. The molecule has 0 aromatic heterocycles. The minimum atomic E-state index is -3.50. The lowest BCUT2D eigenvalue weighted by Gasteiger charge is -2.26. The second kappa shape index (κ2) is 11.6. The van der Waals surface area contributed by atoms with Crippen molar-refractivity contribution in [1.29, 1.82) is 0 Å². The average molecular weight is 793 g/mol. The van der Waals surface area contributed by atoms with Crippen LogP contribution in [0.3, 0.4) is 0 Å². The second-order valence-electron chi connectivity index (χ2n) is 18.0. The molecule has 0 spiro atoms. The van der Waals surface area contributed by atoms with Crippen molar-refractivity contribution < 1.29 is 4.57 Å². The molecule has 14 rings (SSSR count). The molecule has 1 aliphatic rings. The van der Waals surface area contributed by atoms with Crippen molar-refractivity contribution in [3.05, 3.63) is 199 Å². The standard InChI is InChI=1S/C59H37OP/c1-59(2)53-31-42(25-26-49(53)52-32-50-47-15-5-3-13-45(47)46-14-4-6-16-48(46)51(50)33-54(52)59)61(60,43-27-38-21-17-34-9-7-10-35-18-22-39(28-43)57(38)55(34)35)44-29-40-23-19-36-11-8-12-37-20-24-41(30-44)58(40)56(36)37/h3-33H,1-2H3. The fourth-order valence-corrected chi connectivity index (χ4v) is 14.4. The van der Waals surface area contributed by atoms with Crippen molar-refractivity contribution in [2.45, 2.75) is 19.3 Å². The van der Waals surface area contributed by atoms with Gasteiger partial charge in [0, 0.05) is 21.3 Å². The molecule has 0 saturated heterocycles. The number of benzene rings is 13. The highest BCUT2D eigenvalue weighted by Crippen LogP contribution is 2.54. The van der Waals surface area contributed by atoms with Gasteiger partial charge in [-0.3, -0.25) is 0 Å². The Morgan fingerprint density at radius 1 is 0.311 bits per heavy atom. The molecular weight excluding hydrogens is 756 g/mol. The molecule has 1 aliphatic carbocycles. The Morgan fingerprint density at radius 2 is 0.689 bits per heavy atom. The first-order valence-electron chi connectivity index (χ1n) is 21.3. The van der Waals surface area contributed by atoms with Gasteiger partial charge < -0.3 is 4.57 Å². The highest BCUT2D eigenvalue weighted by atomic mass is 31.2. The van der Waals surface area contributed by atoms with Crippen LogP contribution in [0.15, 0.2) is 188 Å². The van der Waals surface area contributed by atoms with Crippen LogP contribution in [0, 0.1) is 0 Å². The van der Waals surface area contributed by atoms with Gasteiger partial charge in [0.05, 0.1) is 0 Å². The highest BCUT2D eigenvalue weighted by Gasteiger charge is 2.39. The van der Waals surface area contributed by atoms with E-state index in [1.807, 2.05) is 0 Å². The van der Waals surface area contributed by atoms with Gasteiger partial charge in [-0.2, -0.15) is 0 Å². The molecule has 284 valence electrons. The van der Waals surface area contributed by atoms with Gasteiger partial charge in [-0.05, 0) is 162 Å². The van der Waals surface area contributed by atoms with Gasteiger partial charge in [0.2, 0.25) is 0 Å². The molecular formula is C59H37OP. The summed E-state index contributed by atoms with van der Waals surface area (Å²) in [6, 6.07) is 69.0. The predicted octanol–water partition coefficient (Wildman–Crippen LogP) is 14.9. The number of hydrogen-bond acceptors (Lipinski definition) is 1. The van der Waals surface area contributed by atoms with Crippen LogP contribution < -0.4 is 15.9 Å². The maximum Gasteiger partial charge on any atom is 0.171 e. The quantitative estimate of drug-likeness (QED) is 0.129. The Bertz CT molecular complexity index is 3840. The van der Waals surface area contributed by atoms with E-state index in [0.717, 1.165) is 37.5 Å². The Morgan fingerprint density at radius 3 is 1.15 bits per heavy atom. The van der Waals surface area contributed by atoms with Crippen molar-refractivity contribution in [3.63, 3.8) is 0 Å². The van der Waals surface area contributed by atoms with Crippen LogP contribution in [-0.4, -0.2) is 0 Å². The van der Waals surface area contributed by atoms with E-state index in [1.165, 1.54) is 97.7 Å². The van der Waals surface area contributed by atoms with E-state index in [-0.39, 0.29) is 5.41 Å². The van der Waals surface area contributed by atoms with Gasteiger partial charge >= 0.3 is 0 Å². The number of fused-ring (bicyclic) bond motifs is 9. The Hall–Kier alpha value is -7.05. The molecule has 0 unspecified atom stereocenters. The second-order valence-corrected chi connectivity index (χ2v) is 20.7. The summed E-state index contributed by atoms with van der Waals surface area (Å²) in [5.41, 5.74) is 4.70. The van der Waals surface area contributed by atoms with Gasteiger partial charge in [0.1, 0.15) is 0 Å². The van der Waals surface area contributed by atoms with Crippen molar-refractivity contribution in [2.75, 3.05) is 0 Å². The predicted molar refractivity (Wildman–Crippen MR) is 263 cm³/mol. The smallest absolute Gasteiger partial charge is 0.171 e. The van der Waals surface area contributed by atoms with Crippen molar-refractivity contribution in [2.24, 2.45) is 0 Å². The highest BCUT2D eigenvalue weighted by molar-refractivity contribution is 7.85. The van der Waals surface area contributed by atoms with Crippen LogP contribution in [0.5, 0.6) is 0 Å². The fraction of sp³-hybridized carbons (Fsp3) is 0.0508. The lowest BCUT2D eigenvalue weighted by molar-refractivity contribution is 0.592. The van der Waals surface area contributed by atoms with Crippen molar-refractivity contribution in [1.82, 2.24) is 0 Å². The topological polar surface area (TPSA) is 17.1 Å². The van der Waals surface area contributed by atoms with Crippen LogP contribution in [0.4, 0.5) is 0 Å². The zero-order valence-corrected chi connectivity index (χ0v) is 34.6. The normalized spacial score (nSPS) is 13.9. The third kappa shape index (κ3) is 4.34. The van der Waals surface area contributed by atoms with E-state index < -0.39 is 7.14 Å². The first-order valence-corrected chi connectivity index (χ1v) is 23.0. The molecule has 2 heteroatoms. The van der Waals surface area contributed by atoms with E-state index >= 15 is 4.57 Å². The molecule has 0 radical (unpaired) electrons. The molecule has 0 heterocycles. The third-order valence-corrected chi connectivity index (χ3v) is 17.5. The first kappa shape index (κ1) is 33.7. The van der Waals surface area contributed by atoms with E-state index in [2.05, 4.69) is 202 Å². The minimum absolute atomic E-state index is 0.326. The minimum Gasteiger partial charge on any atom is -0.309 e. The van der Waals surface area contributed by atoms with E-state index in [4.69, 9.17) is 0 Å². The van der Waals surface area contributed by atoms with E-state index in [1.54, 1.807) is 0 Å². The van der Waals surface area contributed by atoms with E-state index in [0.29, 0.717) is 0 Å². The van der Waals surface area contributed by atoms with Gasteiger partial charge in [-0.25, -0.2) is 0 Å². The van der Waals surface area contributed by atoms with Crippen LogP contribution in [0.25, 0.3) is 108 Å². The van der Waals surface area contributed by atoms with Gasteiger partial charge in [0.25, 0.3) is 0 Å². The van der Waals surface area contributed by atoms with Crippen LogP contribution in [0.1, 0.15) is 25.0 Å². The SMILES string of the molecule is CC1(C)c2cc(P(=O)(c3cc4ccc5cccc6ccc(c3)c4c56)c3cc4ccc5cccc6ccc(c3)c4c56)ccc2-c2cc3c4ccccc4c4ccccc4c3cc21.